The second-order valence-electron chi connectivity index (χ2n) is 11.2. The molecule has 5 rings (SSSR count). The monoisotopic (exact) mass is 651 g/mol. The van der Waals surface area contributed by atoms with Crippen molar-refractivity contribution in [2.24, 2.45) is 0 Å². The van der Waals surface area contributed by atoms with E-state index in [0.717, 1.165) is 17.3 Å². The van der Waals surface area contributed by atoms with Gasteiger partial charge < -0.3 is 34.1 Å². The Balaban J connectivity index is 1.55. The highest BCUT2D eigenvalue weighted by molar-refractivity contribution is 6.07. The molecule has 0 saturated carbocycles. The second kappa shape index (κ2) is 13.9. The normalized spacial score (nSPS) is 12.6. The number of aliphatic hydroxyl groups is 2. The van der Waals surface area contributed by atoms with Crippen molar-refractivity contribution >= 4 is 17.5 Å². The largest absolute Gasteiger partial charge is 0.493 e. The number of methoxy groups -OCH3 is 2. The zero-order valence-electron chi connectivity index (χ0n) is 26.3. The number of alkyl halides is 3. The summed E-state index contributed by atoms with van der Waals surface area (Å²) in [6, 6.07) is 17.2. The number of fused-ring (bicyclic) bond motifs is 2. The van der Waals surface area contributed by atoms with Crippen LogP contribution >= 0.6 is 0 Å². The Bertz CT molecular complexity index is 1780. The minimum Gasteiger partial charge on any atom is -0.493 e. The van der Waals surface area contributed by atoms with E-state index < -0.39 is 11.7 Å². The molecule has 2 N–H and O–H groups in total. The third-order valence-electron chi connectivity index (χ3n) is 8.35. The first kappa shape index (κ1) is 33.6. The SMILES string of the molecule is COc1cc2c(cc1OC)N(C(=O)c1ccc(-c3ccccc3C(F)(F)F)c(C)c1)Cc1ccc(CC(=O)N(CCO)CCO)n1C2. The van der Waals surface area contributed by atoms with Gasteiger partial charge in [-0.15, -0.1) is 0 Å². The molecule has 2 heterocycles. The first-order valence-corrected chi connectivity index (χ1v) is 15.0. The first-order chi connectivity index (χ1) is 22.5. The van der Waals surface area contributed by atoms with Crippen molar-refractivity contribution in [2.75, 3.05) is 45.4 Å². The van der Waals surface area contributed by atoms with E-state index in [1.807, 2.05) is 16.7 Å². The van der Waals surface area contributed by atoms with Crippen LogP contribution in [0.15, 0.2) is 66.7 Å². The van der Waals surface area contributed by atoms with E-state index in [2.05, 4.69) is 0 Å². The molecule has 1 aliphatic rings. The lowest BCUT2D eigenvalue weighted by atomic mass is 9.94. The minimum atomic E-state index is -4.54. The van der Waals surface area contributed by atoms with Gasteiger partial charge in [0.2, 0.25) is 5.91 Å². The molecule has 0 bridgehead atoms. The summed E-state index contributed by atoms with van der Waals surface area (Å²) in [6.45, 7) is 1.82. The number of aromatic nitrogens is 1. The molecule has 47 heavy (non-hydrogen) atoms. The van der Waals surface area contributed by atoms with Crippen molar-refractivity contribution in [3.8, 4) is 22.6 Å². The second-order valence-corrected chi connectivity index (χ2v) is 11.2. The van der Waals surface area contributed by atoms with Gasteiger partial charge in [0.25, 0.3) is 5.91 Å². The fraction of sp³-hybridized carbons (Fsp3) is 0.314. The van der Waals surface area contributed by atoms with E-state index >= 15 is 0 Å². The molecule has 0 unspecified atom stereocenters. The van der Waals surface area contributed by atoms with E-state index in [1.165, 1.54) is 43.4 Å². The number of nitrogens with zero attached hydrogens (tertiary/aromatic N) is 3. The number of hydrogen-bond donors (Lipinski definition) is 2. The third-order valence-corrected chi connectivity index (χ3v) is 8.35. The Labute approximate surface area is 270 Å². The maximum Gasteiger partial charge on any atom is 0.417 e. The lowest BCUT2D eigenvalue weighted by Gasteiger charge is -2.24. The Morgan fingerprint density at radius 1 is 0.872 bits per heavy atom. The van der Waals surface area contributed by atoms with Gasteiger partial charge in [0, 0.05) is 42.7 Å². The van der Waals surface area contributed by atoms with Crippen molar-refractivity contribution < 1.29 is 42.4 Å². The predicted molar refractivity (Wildman–Crippen MR) is 170 cm³/mol. The van der Waals surface area contributed by atoms with Crippen LogP contribution in [0.3, 0.4) is 0 Å². The zero-order valence-corrected chi connectivity index (χ0v) is 26.3. The van der Waals surface area contributed by atoms with Crippen LogP contribution in [-0.2, 0) is 30.5 Å². The topological polar surface area (TPSA) is 104 Å². The van der Waals surface area contributed by atoms with Crippen molar-refractivity contribution in [1.82, 2.24) is 9.47 Å². The molecule has 0 fully saturated rings. The van der Waals surface area contributed by atoms with Gasteiger partial charge in [0.1, 0.15) is 0 Å². The van der Waals surface area contributed by atoms with Gasteiger partial charge in [-0.1, -0.05) is 24.3 Å². The maximum atomic E-state index is 14.3. The number of anilines is 1. The van der Waals surface area contributed by atoms with Crippen LogP contribution in [0.25, 0.3) is 11.1 Å². The van der Waals surface area contributed by atoms with Crippen LogP contribution in [0.1, 0.15) is 38.4 Å². The molecule has 4 aromatic rings. The molecular formula is C35H36F3N3O6. The Morgan fingerprint density at radius 3 is 2.19 bits per heavy atom. The predicted octanol–water partition coefficient (Wildman–Crippen LogP) is 5.06. The summed E-state index contributed by atoms with van der Waals surface area (Å²) in [5.41, 5.74) is 3.15. The summed E-state index contributed by atoms with van der Waals surface area (Å²) < 4.78 is 54.4. The average molecular weight is 652 g/mol. The Morgan fingerprint density at radius 2 is 1.55 bits per heavy atom. The summed E-state index contributed by atoms with van der Waals surface area (Å²) in [5, 5.41) is 18.8. The fourth-order valence-electron chi connectivity index (χ4n) is 6.03. The number of carbonyl (C=O) groups is 2. The van der Waals surface area contributed by atoms with Crippen molar-refractivity contribution in [2.45, 2.75) is 32.6 Å². The summed E-state index contributed by atoms with van der Waals surface area (Å²) >= 11 is 0. The summed E-state index contributed by atoms with van der Waals surface area (Å²) in [6.07, 6.45) is -4.53. The molecule has 1 aromatic heterocycles. The highest BCUT2D eigenvalue weighted by Gasteiger charge is 2.34. The van der Waals surface area contributed by atoms with Gasteiger partial charge in [-0.05, 0) is 65.6 Å². The van der Waals surface area contributed by atoms with Crippen LogP contribution in [0.2, 0.25) is 0 Å². The lowest BCUT2D eigenvalue weighted by molar-refractivity contribution is -0.137. The molecule has 0 spiro atoms. The maximum absolute atomic E-state index is 14.3. The molecule has 0 radical (unpaired) electrons. The Hall–Kier alpha value is -4.81. The van der Waals surface area contributed by atoms with Crippen molar-refractivity contribution in [3.05, 3.63) is 100 Å². The highest BCUT2D eigenvalue weighted by Crippen LogP contribution is 2.41. The molecule has 12 heteroatoms. The van der Waals surface area contributed by atoms with Crippen LogP contribution < -0.4 is 14.4 Å². The fourth-order valence-corrected chi connectivity index (χ4v) is 6.03. The summed E-state index contributed by atoms with van der Waals surface area (Å²) in [7, 11) is 3.00. The third kappa shape index (κ3) is 6.84. The number of ether oxygens (including phenoxy) is 2. The first-order valence-electron chi connectivity index (χ1n) is 15.0. The minimum absolute atomic E-state index is 0.0105. The summed E-state index contributed by atoms with van der Waals surface area (Å²) in [4.78, 5) is 30.4. The quantitative estimate of drug-likeness (QED) is 0.249. The van der Waals surface area contributed by atoms with Crippen LogP contribution in [0.4, 0.5) is 18.9 Å². The van der Waals surface area contributed by atoms with Crippen molar-refractivity contribution in [1.29, 1.82) is 0 Å². The molecule has 0 aliphatic carbocycles. The molecule has 0 saturated heterocycles. The van der Waals surface area contributed by atoms with E-state index in [9.17, 15) is 33.0 Å². The number of aliphatic hydroxyl groups excluding tert-OH is 2. The van der Waals surface area contributed by atoms with Gasteiger partial charge in [-0.3, -0.25) is 9.59 Å². The van der Waals surface area contributed by atoms with E-state index in [4.69, 9.17) is 9.47 Å². The Kier molecular flexibility index (Phi) is 9.92. The average Bonchev–Trinajstić information content (AvgIpc) is 3.33. The van der Waals surface area contributed by atoms with Crippen molar-refractivity contribution in [3.63, 3.8) is 0 Å². The number of aryl methyl sites for hydroxylation is 1. The van der Waals surface area contributed by atoms with Gasteiger partial charge in [-0.25, -0.2) is 0 Å². The van der Waals surface area contributed by atoms with E-state index in [0.29, 0.717) is 40.6 Å². The van der Waals surface area contributed by atoms with Crippen LogP contribution in [0, 0.1) is 6.92 Å². The molecule has 9 nitrogen and oxygen atoms in total. The molecule has 0 atom stereocenters. The lowest BCUT2D eigenvalue weighted by Crippen LogP contribution is -2.37. The van der Waals surface area contributed by atoms with Gasteiger partial charge in [0.15, 0.2) is 11.5 Å². The van der Waals surface area contributed by atoms with Gasteiger partial charge >= 0.3 is 6.18 Å². The number of halogens is 3. The number of amides is 2. The number of carbonyl (C=O) groups excluding carboxylic acids is 2. The number of hydrogen-bond acceptors (Lipinski definition) is 6. The molecule has 248 valence electrons. The molecule has 3 aromatic carbocycles. The van der Waals surface area contributed by atoms with Crippen LogP contribution in [-0.4, -0.2) is 72.0 Å². The summed E-state index contributed by atoms with van der Waals surface area (Å²) in [5.74, 6) is 0.223. The van der Waals surface area contributed by atoms with Gasteiger partial charge in [-0.2, -0.15) is 13.2 Å². The molecule has 2 amide bonds. The highest BCUT2D eigenvalue weighted by atomic mass is 19.4. The molecule has 1 aliphatic heterocycles. The van der Waals surface area contributed by atoms with Gasteiger partial charge in [0.05, 0.1) is 51.6 Å². The smallest absolute Gasteiger partial charge is 0.417 e. The number of benzene rings is 3. The number of rotatable bonds is 10. The molecular weight excluding hydrogens is 615 g/mol. The standard InChI is InChI=1S/C35H36F3N3O6/c1-22-16-23(8-11-27(22)28-6-4-5-7-29(28)35(36,37)38)34(45)41-21-26-10-9-25(18-33(44)39(12-14-42)13-15-43)40(26)20-24-17-31(46-2)32(47-3)19-30(24)41/h4-11,16-17,19,42-43H,12-15,18,20-21H2,1-3H3. The van der Waals surface area contributed by atoms with E-state index in [1.54, 1.807) is 36.1 Å². The zero-order chi connectivity index (χ0) is 33.9. The van der Waals surface area contributed by atoms with E-state index in [-0.39, 0.29) is 62.2 Å². The van der Waals surface area contributed by atoms with Crippen LogP contribution in [0.5, 0.6) is 11.5 Å².